The summed E-state index contributed by atoms with van der Waals surface area (Å²) in [5.74, 6) is 0. The van der Waals surface area contributed by atoms with Gasteiger partial charge in [-0.15, -0.1) is 0 Å². The van der Waals surface area contributed by atoms with Gasteiger partial charge in [-0.1, -0.05) is 6.07 Å². The molecule has 0 bridgehead atoms. The number of aliphatic hydroxyl groups excluding tert-OH is 2. The Bertz CT molecular complexity index is 403. The van der Waals surface area contributed by atoms with Crippen LogP contribution in [0.3, 0.4) is 0 Å². The Morgan fingerprint density at radius 1 is 1.53 bits per heavy atom. The first-order valence-electron chi connectivity index (χ1n) is 6.02. The predicted octanol–water partition coefficient (Wildman–Crippen LogP) is 1.00. The van der Waals surface area contributed by atoms with E-state index in [9.17, 15) is 15.0 Å². The molecule has 1 heterocycles. The van der Waals surface area contributed by atoms with Crippen LogP contribution in [0.25, 0.3) is 0 Å². The van der Waals surface area contributed by atoms with Gasteiger partial charge in [0.1, 0.15) is 11.7 Å². The van der Waals surface area contributed by atoms with Gasteiger partial charge in [-0.2, -0.15) is 0 Å². The highest BCUT2D eigenvalue weighted by atomic mass is 16.6. The molecule has 1 aromatic heterocycles. The molecule has 0 saturated heterocycles. The van der Waals surface area contributed by atoms with Crippen molar-refractivity contribution in [2.75, 3.05) is 6.61 Å². The lowest BCUT2D eigenvalue weighted by Gasteiger charge is -2.25. The SMILES string of the molecule is CC(C)(C)OC(=O)N[C@@H](CO)[C@@H](O)c1cccnc1. The largest absolute Gasteiger partial charge is 0.444 e. The maximum Gasteiger partial charge on any atom is 0.408 e. The summed E-state index contributed by atoms with van der Waals surface area (Å²) in [5.41, 5.74) is -0.124. The summed E-state index contributed by atoms with van der Waals surface area (Å²) in [5, 5.41) is 21.7. The second-order valence-electron chi connectivity index (χ2n) is 5.17. The van der Waals surface area contributed by atoms with Gasteiger partial charge < -0.3 is 20.3 Å². The van der Waals surface area contributed by atoms with Crippen molar-refractivity contribution in [3.8, 4) is 0 Å². The zero-order chi connectivity index (χ0) is 14.5. The number of hydrogen-bond acceptors (Lipinski definition) is 5. The molecular weight excluding hydrogens is 248 g/mol. The van der Waals surface area contributed by atoms with Gasteiger partial charge in [0.15, 0.2) is 0 Å². The molecule has 6 heteroatoms. The lowest BCUT2D eigenvalue weighted by atomic mass is 10.1. The van der Waals surface area contributed by atoms with Crippen molar-refractivity contribution >= 4 is 6.09 Å². The summed E-state index contributed by atoms with van der Waals surface area (Å²) >= 11 is 0. The van der Waals surface area contributed by atoms with Gasteiger partial charge in [-0.3, -0.25) is 4.98 Å². The molecule has 0 aliphatic heterocycles. The molecule has 0 spiro atoms. The number of aromatic nitrogens is 1. The van der Waals surface area contributed by atoms with Crippen LogP contribution >= 0.6 is 0 Å². The topological polar surface area (TPSA) is 91.7 Å². The van der Waals surface area contributed by atoms with Crippen molar-refractivity contribution < 1.29 is 19.7 Å². The minimum Gasteiger partial charge on any atom is -0.444 e. The number of ether oxygens (including phenoxy) is 1. The standard InChI is InChI=1S/C13H20N2O4/c1-13(2,3)19-12(18)15-10(8-16)11(17)9-5-4-6-14-7-9/h4-7,10-11,16-17H,8H2,1-3H3,(H,15,18)/t10-,11-/m0/s1. The average Bonchev–Trinajstić information content (AvgIpc) is 2.34. The van der Waals surface area contributed by atoms with Crippen LogP contribution in [0, 0.1) is 0 Å². The quantitative estimate of drug-likeness (QED) is 0.757. The number of alkyl carbamates (subject to hydrolysis) is 1. The number of carbonyl (C=O) groups excluding carboxylic acids is 1. The number of aliphatic hydroxyl groups is 2. The van der Waals surface area contributed by atoms with Crippen LogP contribution < -0.4 is 5.32 Å². The lowest BCUT2D eigenvalue weighted by Crippen LogP contribution is -2.44. The summed E-state index contributed by atoms with van der Waals surface area (Å²) in [6.07, 6.45) is 1.32. The summed E-state index contributed by atoms with van der Waals surface area (Å²) in [6.45, 7) is 4.80. The Kier molecular flexibility index (Phi) is 5.26. The minimum absolute atomic E-state index is 0.407. The number of nitrogens with zero attached hydrogens (tertiary/aromatic N) is 1. The highest BCUT2D eigenvalue weighted by Gasteiger charge is 2.25. The fourth-order valence-electron chi connectivity index (χ4n) is 1.47. The first-order chi connectivity index (χ1) is 8.83. The van der Waals surface area contributed by atoms with E-state index < -0.39 is 30.4 Å². The molecule has 19 heavy (non-hydrogen) atoms. The molecule has 0 fully saturated rings. The van der Waals surface area contributed by atoms with Gasteiger partial charge in [0.05, 0.1) is 12.6 Å². The summed E-state index contributed by atoms with van der Waals surface area (Å²) in [7, 11) is 0. The fraction of sp³-hybridized carbons (Fsp3) is 0.538. The predicted molar refractivity (Wildman–Crippen MR) is 69.4 cm³/mol. The molecule has 1 aromatic rings. The first kappa shape index (κ1) is 15.4. The monoisotopic (exact) mass is 268 g/mol. The summed E-state index contributed by atoms with van der Waals surface area (Å²) in [4.78, 5) is 15.5. The van der Waals surface area contributed by atoms with Crippen molar-refractivity contribution in [1.29, 1.82) is 0 Å². The Labute approximate surface area is 112 Å². The van der Waals surface area contributed by atoms with Crippen molar-refractivity contribution in [2.24, 2.45) is 0 Å². The van der Waals surface area contributed by atoms with E-state index in [0.717, 1.165) is 0 Å². The summed E-state index contributed by atoms with van der Waals surface area (Å²) < 4.78 is 5.07. The Morgan fingerprint density at radius 2 is 2.21 bits per heavy atom. The van der Waals surface area contributed by atoms with E-state index in [1.54, 1.807) is 39.1 Å². The molecule has 0 aliphatic carbocycles. The number of carbonyl (C=O) groups is 1. The third-order valence-corrected chi connectivity index (χ3v) is 2.31. The molecule has 1 rings (SSSR count). The molecule has 1 amide bonds. The molecule has 0 saturated carbocycles. The number of rotatable bonds is 4. The molecule has 0 unspecified atom stereocenters. The van der Waals surface area contributed by atoms with Crippen molar-refractivity contribution in [3.63, 3.8) is 0 Å². The van der Waals surface area contributed by atoms with Crippen LogP contribution in [0.15, 0.2) is 24.5 Å². The first-order valence-corrected chi connectivity index (χ1v) is 6.02. The van der Waals surface area contributed by atoms with Crippen molar-refractivity contribution in [2.45, 2.75) is 38.5 Å². The zero-order valence-electron chi connectivity index (χ0n) is 11.3. The molecular formula is C13H20N2O4. The molecule has 0 aromatic carbocycles. The highest BCUT2D eigenvalue weighted by Crippen LogP contribution is 2.16. The normalized spacial score (nSPS) is 14.6. The van der Waals surface area contributed by atoms with Gasteiger partial charge in [-0.05, 0) is 26.8 Å². The van der Waals surface area contributed by atoms with Crippen LogP contribution in [-0.2, 0) is 4.74 Å². The summed E-state index contributed by atoms with van der Waals surface area (Å²) in [6, 6.07) is 2.48. The molecule has 6 nitrogen and oxygen atoms in total. The van der Waals surface area contributed by atoms with E-state index in [-0.39, 0.29) is 0 Å². The van der Waals surface area contributed by atoms with Gasteiger partial charge in [0, 0.05) is 18.0 Å². The van der Waals surface area contributed by atoms with Crippen LogP contribution in [0.4, 0.5) is 4.79 Å². The van der Waals surface area contributed by atoms with Crippen LogP contribution in [0.2, 0.25) is 0 Å². The van der Waals surface area contributed by atoms with Crippen molar-refractivity contribution in [1.82, 2.24) is 10.3 Å². The van der Waals surface area contributed by atoms with Gasteiger partial charge in [0.2, 0.25) is 0 Å². The number of nitrogens with one attached hydrogen (secondary N) is 1. The maximum absolute atomic E-state index is 11.6. The zero-order valence-corrected chi connectivity index (χ0v) is 11.3. The highest BCUT2D eigenvalue weighted by molar-refractivity contribution is 5.68. The second kappa shape index (κ2) is 6.49. The lowest BCUT2D eigenvalue weighted by molar-refractivity contribution is 0.0349. The average molecular weight is 268 g/mol. The number of amides is 1. The Hall–Kier alpha value is -1.66. The third kappa shape index (κ3) is 5.23. The van der Waals surface area contributed by atoms with E-state index in [4.69, 9.17) is 4.74 Å². The van der Waals surface area contributed by atoms with Gasteiger partial charge in [-0.25, -0.2) is 4.79 Å². The molecule has 0 radical (unpaired) electrons. The van der Waals surface area contributed by atoms with E-state index >= 15 is 0 Å². The van der Waals surface area contributed by atoms with Gasteiger partial charge in [0.25, 0.3) is 0 Å². The van der Waals surface area contributed by atoms with Crippen LogP contribution in [-0.4, -0.2) is 39.5 Å². The van der Waals surface area contributed by atoms with E-state index in [2.05, 4.69) is 10.3 Å². The third-order valence-electron chi connectivity index (χ3n) is 2.31. The van der Waals surface area contributed by atoms with E-state index in [1.165, 1.54) is 6.20 Å². The van der Waals surface area contributed by atoms with Crippen molar-refractivity contribution in [3.05, 3.63) is 30.1 Å². The minimum atomic E-state index is -1.05. The van der Waals surface area contributed by atoms with Crippen LogP contribution in [0.1, 0.15) is 32.4 Å². The second-order valence-corrected chi connectivity index (χ2v) is 5.17. The van der Waals surface area contributed by atoms with Gasteiger partial charge >= 0.3 is 6.09 Å². The van der Waals surface area contributed by atoms with E-state index in [1.807, 2.05) is 0 Å². The molecule has 0 aliphatic rings. The Morgan fingerprint density at radius 3 is 2.68 bits per heavy atom. The van der Waals surface area contributed by atoms with Crippen LogP contribution in [0.5, 0.6) is 0 Å². The molecule has 3 N–H and O–H groups in total. The number of pyridine rings is 1. The smallest absolute Gasteiger partial charge is 0.408 e. The fourth-order valence-corrected chi connectivity index (χ4v) is 1.47. The van der Waals surface area contributed by atoms with E-state index in [0.29, 0.717) is 5.56 Å². The molecule has 2 atom stereocenters. The Balaban J connectivity index is 2.66. The maximum atomic E-state index is 11.6. The number of hydrogen-bond donors (Lipinski definition) is 3. The molecule has 106 valence electrons.